The predicted molar refractivity (Wildman–Crippen MR) is 91.4 cm³/mol. The van der Waals surface area contributed by atoms with E-state index in [0.29, 0.717) is 16.4 Å². The van der Waals surface area contributed by atoms with Crippen molar-refractivity contribution in [2.75, 3.05) is 24.7 Å². The number of nitrogens with zero attached hydrogens (tertiary/aromatic N) is 1. The second kappa shape index (κ2) is 6.99. The molecule has 0 spiro atoms. The van der Waals surface area contributed by atoms with Gasteiger partial charge in [-0.2, -0.15) is 0 Å². The van der Waals surface area contributed by atoms with E-state index >= 15 is 0 Å². The summed E-state index contributed by atoms with van der Waals surface area (Å²) in [5.41, 5.74) is 1.03. The van der Waals surface area contributed by atoms with E-state index < -0.39 is 16.1 Å². The Morgan fingerprint density at radius 1 is 1.00 bits per heavy atom. The summed E-state index contributed by atoms with van der Waals surface area (Å²) in [5.74, 6) is 0. The van der Waals surface area contributed by atoms with Gasteiger partial charge < -0.3 is 10.6 Å². The number of halogens is 1. The van der Waals surface area contributed by atoms with Crippen LogP contribution in [0, 0.1) is 0 Å². The van der Waals surface area contributed by atoms with Crippen LogP contribution in [0.2, 0.25) is 5.02 Å². The number of amides is 2. The Bertz CT molecular complexity index is 805. The van der Waals surface area contributed by atoms with Crippen molar-refractivity contribution in [1.82, 2.24) is 4.31 Å². The van der Waals surface area contributed by atoms with E-state index in [1.54, 1.807) is 24.3 Å². The van der Waals surface area contributed by atoms with Gasteiger partial charge in [0.25, 0.3) is 0 Å². The standard InChI is InChI=1S/C15H16ClN3O3S/c1-19(2)23(21,22)14-8-6-12(7-9-14)17-15(20)18-13-5-3-4-11(16)10-13/h3-10H,1-2H3,(H2,17,18,20). The minimum atomic E-state index is -3.49. The van der Waals surface area contributed by atoms with Crippen LogP contribution in [0.3, 0.4) is 0 Å². The molecule has 0 bridgehead atoms. The molecule has 2 N–H and O–H groups in total. The van der Waals surface area contributed by atoms with Gasteiger partial charge in [0.1, 0.15) is 0 Å². The molecule has 0 aliphatic carbocycles. The highest BCUT2D eigenvalue weighted by Crippen LogP contribution is 2.18. The van der Waals surface area contributed by atoms with Gasteiger partial charge in [-0.25, -0.2) is 17.5 Å². The first-order valence-electron chi connectivity index (χ1n) is 6.65. The molecule has 0 unspecified atom stereocenters. The predicted octanol–water partition coefficient (Wildman–Crippen LogP) is 3.23. The monoisotopic (exact) mass is 353 g/mol. The molecule has 0 atom stereocenters. The zero-order valence-corrected chi connectivity index (χ0v) is 14.1. The third-order valence-corrected chi connectivity index (χ3v) is 5.04. The van der Waals surface area contributed by atoms with Crippen molar-refractivity contribution < 1.29 is 13.2 Å². The summed E-state index contributed by atoms with van der Waals surface area (Å²) >= 11 is 5.84. The van der Waals surface area contributed by atoms with Gasteiger partial charge in [-0.3, -0.25) is 0 Å². The number of sulfonamides is 1. The number of urea groups is 1. The summed E-state index contributed by atoms with van der Waals surface area (Å²) in [6.07, 6.45) is 0. The molecule has 2 aromatic carbocycles. The van der Waals surface area contributed by atoms with Crippen LogP contribution in [0.25, 0.3) is 0 Å². The fourth-order valence-electron chi connectivity index (χ4n) is 1.78. The van der Waals surface area contributed by atoms with Crippen molar-refractivity contribution in [1.29, 1.82) is 0 Å². The molecule has 23 heavy (non-hydrogen) atoms. The van der Waals surface area contributed by atoms with Crippen LogP contribution >= 0.6 is 11.6 Å². The number of carbonyl (C=O) groups is 1. The molecule has 0 aliphatic heterocycles. The Balaban J connectivity index is 2.05. The van der Waals surface area contributed by atoms with E-state index in [0.717, 1.165) is 4.31 Å². The van der Waals surface area contributed by atoms with Gasteiger partial charge in [0, 0.05) is 30.5 Å². The zero-order valence-electron chi connectivity index (χ0n) is 12.6. The molecule has 6 nitrogen and oxygen atoms in total. The third-order valence-electron chi connectivity index (χ3n) is 2.97. The molecule has 0 aromatic heterocycles. The van der Waals surface area contributed by atoms with Crippen LogP contribution in [0.4, 0.5) is 16.2 Å². The first-order valence-corrected chi connectivity index (χ1v) is 8.47. The van der Waals surface area contributed by atoms with Crippen LogP contribution in [-0.4, -0.2) is 32.8 Å². The number of hydrogen-bond donors (Lipinski definition) is 2. The van der Waals surface area contributed by atoms with Gasteiger partial charge in [0.2, 0.25) is 10.0 Å². The highest BCUT2D eigenvalue weighted by atomic mass is 35.5. The van der Waals surface area contributed by atoms with Crippen molar-refractivity contribution in [3.63, 3.8) is 0 Å². The average molecular weight is 354 g/mol. The largest absolute Gasteiger partial charge is 0.323 e. The maximum Gasteiger partial charge on any atom is 0.323 e. The number of nitrogens with one attached hydrogen (secondary N) is 2. The normalized spacial score (nSPS) is 11.3. The molecular formula is C15H16ClN3O3S. The quantitative estimate of drug-likeness (QED) is 0.885. The second-order valence-corrected chi connectivity index (χ2v) is 7.49. The van der Waals surface area contributed by atoms with Crippen molar-refractivity contribution in [3.8, 4) is 0 Å². The van der Waals surface area contributed by atoms with Crippen LogP contribution in [0.1, 0.15) is 0 Å². The van der Waals surface area contributed by atoms with Crippen molar-refractivity contribution in [2.24, 2.45) is 0 Å². The maximum atomic E-state index is 12.0. The third kappa shape index (κ3) is 4.44. The maximum absolute atomic E-state index is 12.0. The first-order chi connectivity index (χ1) is 10.8. The Kier molecular flexibility index (Phi) is 5.25. The smallest absolute Gasteiger partial charge is 0.308 e. The summed E-state index contributed by atoms with van der Waals surface area (Å²) < 4.78 is 25.0. The second-order valence-electron chi connectivity index (χ2n) is 4.90. The fourth-order valence-corrected chi connectivity index (χ4v) is 2.87. The molecule has 0 fully saturated rings. The van der Waals surface area contributed by atoms with Crippen molar-refractivity contribution >= 4 is 39.0 Å². The topological polar surface area (TPSA) is 78.5 Å². The van der Waals surface area contributed by atoms with Crippen LogP contribution in [0.5, 0.6) is 0 Å². The Morgan fingerprint density at radius 3 is 2.17 bits per heavy atom. The van der Waals surface area contributed by atoms with E-state index in [2.05, 4.69) is 10.6 Å². The average Bonchev–Trinajstić information content (AvgIpc) is 2.47. The van der Waals surface area contributed by atoms with Gasteiger partial charge in [-0.05, 0) is 42.5 Å². The Labute approximate surface area is 140 Å². The van der Waals surface area contributed by atoms with Gasteiger partial charge in [0.05, 0.1) is 4.90 Å². The summed E-state index contributed by atoms with van der Waals surface area (Å²) in [6.45, 7) is 0. The summed E-state index contributed by atoms with van der Waals surface area (Å²) in [6, 6.07) is 12.2. The van der Waals surface area contributed by atoms with E-state index in [9.17, 15) is 13.2 Å². The molecule has 0 aliphatic rings. The van der Waals surface area contributed by atoms with Crippen molar-refractivity contribution in [2.45, 2.75) is 4.90 Å². The molecule has 2 amide bonds. The number of hydrogen-bond acceptors (Lipinski definition) is 3. The molecule has 122 valence electrons. The molecule has 0 radical (unpaired) electrons. The van der Waals surface area contributed by atoms with Gasteiger partial charge >= 0.3 is 6.03 Å². The van der Waals surface area contributed by atoms with Crippen molar-refractivity contribution in [3.05, 3.63) is 53.6 Å². The molecule has 0 heterocycles. The Morgan fingerprint density at radius 2 is 1.61 bits per heavy atom. The molecule has 0 saturated carbocycles. The van der Waals surface area contributed by atoms with Crippen LogP contribution in [-0.2, 0) is 10.0 Å². The van der Waals surface area contributed by atoms with E-state index in [-0.39, 0.29) is 4.90 Å². The lowest BCUT2D eigenvalue weighted by Gasteiger charge is -2.12. The summed E-state index contributed by atoms with van der Waals surface area (Å²) in [7, 11) is -0.569. The first kappa shape index (κ1) is 17.3. The Hall–Kier alpha value is -2.09. The molecule has 8 heteroatoms. The summed E-state index contributed by atoms with van der Waals surface area (Å²) in [4.78, 5) is 12.0. The van der Waals surface area contributed by atoms with E-state index in [4.69, 9.17) is 11.6 Å². The molecule has 0 saturated heterocycles. The van der Waals surface area contributed by atoms with E-state index in [1.807, 2.05) is 0 Å². The molecular weight excluding hydrogens is 338 g/mol. The minimum Gasteiger partial charge on any atom is -0.308 e. The molecule has 2 aromatic rings. The number of rotatable bonds is 4. The number of benzene rings is 2. The SMILES string of the molecule is CN(C)S(=O)(=O)c1ccc(NC(=O)Nc2cccc(Cl)c2)cc1. The van der Waals surface area contributed by atoms with Gasteiger partial charge in [0.15, 0.2) is 0 Å². The lowest BCUT2D eigenvalue weighted by atomic mass is 10.3. The number of carbonyl (C=O) groups excluding carboxylic acids is 1. The highest BCUT2D eigenvalue weighted by molar-refractivity contribution is 7.89. The summed E-state index contributed by atoms with van der Waals surface area (Å²) in [5, 5.41) is 5.76. The zero-order chi connectivity index (χ0) is 17.0. The van der Waals surface area contributed by atoms with Crippen LogP contribution < -0.4 is 10.6 Å². The van der Waals surface area contributed by atoms with Gasteiger partial charge in [-0.15, -0.1) is 0 Å². The van der Waals surface area contributed by atoms with Gasteiger partial charge in [-0.1, -0.05) is 17.7 Å². The fraction of sp³-hybridized carbons (Fsp3) is 0.133. The van der Waals surface area contributed by atoms with Crippen LogP contribution in [0.15, 0.2) is 53.4 Å². The number of anilines is 2. The lowest BCUT2D eigenvalue weighted by molar-refractivity contribution is 0.262. The lowest BCUT2D eigenvalue weighted by Crippen LogP contribution is -2.22. The van der Waals surface area contributed by atoms with E-state index in [1.165, 1.54) is 38.4 Å². The minimum absolute atomic E-state index is 0.156. The molecule has 2 rings (SSSR count). The highest BCUT2D eigenvalue weighted by Gasteiger charge is 2.16.